The quantitative estimate of drug-likeness (QED) is 0.253. The van der Waals surface area contributed by atoms with Gasteiger partial charge in [-0.05, 0) is 30.0 Å². The lowest BCUT2D eigenvalue weighted by Gasteiger charge is -2.30. The molecular formula is C32H32N2O2. The molecule has 1 fully saturated rings. The first-order valence-corrected chi connectivity index (χ1v) is 12.7. The molecule has 36 heavy (non-hydrogen) atoms. The third kappa shape index (κ3) is 5.34. The first kappa shape index (κ1) is 23.8. The van der Waals surface area contributed by atoms with E-state index < -0.39 is 0 Å². The van der Waals surface area contributed by atoms with E-state index in [1.807, 2.05) is 103 Å². The molecule has 4 nitrogen and oxygen atoms in total. The SMILES string of the molecule is Oc1c(C=N[C@H]2CCCC[C@@H]2NCc2cccc(-c3ccccc3)c2O)cccc1-c1ccccc1. The maximum absolute atomic E-state index is 10.9. The van der Waals surface area contributed by atoms with Crippen molar-refractivity contribution >= 4 is 6.21 Å². The Hall–Kier alpha value is -3.89. The normalized spacial score (nSPS) is 17.9. The predicted molar refractivity (Wildman–Crippen MR) is 148 cm³/mol. The number of aliphatic imine (C=N–C) groups is 1. The van der Waals surface area contributed by atoms with Gasteiger partial charge in [-0.3, -0.25) is 4.99 Å². The summed E-state index contributed by atoms with van der Waals surface area (Å²) in [5.41, 5.74) is 5.27. The first-order chi connectivity index (χ1) is 17.7. The Balaban J connectivity index is 1.30. The number of hydrogen-bond acceptors (Lipinski definition) is 4. The Morgan fingerprint density at radius 1 is 0.694 bits per heavy atom. The van der Waals surface area contributed by atoms with Crippen LogP contribution in [0.4, 0.5) is 0 Å². The monoisotopic (exact) mass is 476 g/mol. The van der Waals surface area contributed by atoms with Crippen molar-refractivity contribution in [2.24, 2.45) is 4.99 Å². The van der Waals surface area contributed by atoms with Crippen LogP contribution in [0.25, 0.3) is 22.3 Å². The molecule has 0 bridgehead atoms. The largest absolute Gasteiger partial charge is 0.507 e. The van der Waals surface area contributed by atoms with Crippen LogP contribution in [0.3, 0.4) is 0 Å². The maximum atomic E-state index is 10.9. The summed E-state index contributed by atoms with van der Waals surface area (Å²) in [6.45, 7) is 0.581. The second-order valence-electron chi connectivity index (χ2n) is 9.41. The zero-order chi connectivity index (χ0) is 24.7. The minimum absolute atomic E-state index is 0.123. The van der Waals surface area contributed by atoms with E-state index in [4.69, 9.17) is 4.99 Å². The molecule has 5 rings (SSSR count). The van der Waals surface area contributed by atoms with E-state index >= 15 is 0 Å². The molecule has 2 atom stereocenters. The standard InChI is InChI=1S/C32H32N2O2/c35-31-25(15-9-17-27(31)23-11-3-1-4-12-23)21-33-29-19-7-8-20-30(29)34-22-26-16-10-18-28(32(26)36)24-13-5-2-6-14-24/h1-6,9-18,21,29-30,34-36H,7-8,19-20,22H2/t29-,30-/m0/s1. The fourth-order valence-corrected chi connectivity index (χ4v) is 5.05. The summed E-state index contributed by atoms with van der Waals surface area (Å²) in [4.78, 5) is 4.92. The number of hydrogen-bond donors (Lipinski definition) is 3. The summed E-state index contributed by atoms with van der Waals surface area (Å²) in [6.07, 6.45) is 6.17. The molecule has 4 heteroatoms. The van der Waals surface area contributed by atoms with Crippen molar-refractivity contribution in [2.75, 3.05) is 0 Å². The van der Waals surface area contributed by atoms with Crippen LogP contribution in [0.1, 0.15) is 36.8 Å². The summed E-state index contributed by atoms with van der Waals surface area (Å²) in [6, 6.07) is 32.0. The highest BCUT2D eigenvalue weighted by molar-refractivity contribution is 5.88. The lowest BCUT2D eigenvalue weighted by Crippen LogP contribution is -2.40. The van der Waals surface area contributed by atoms with Crippen molar-refractivity contribution in [2.45, 2.75) is 44.3 Å². The second-order valence-corrected chi connectivity index (χ2v) is 9.41. The maximum Gasteiger partial charge on any atom is 0.132 e. The molecule has 0 aliphatic heterocycles. The van der Waals surface area contributed by atoms with Gasteiger partial charge in [-0.2, -0.15) is 0 Å². The number of aromatic hydroxyl groups is 2. The molecule has 0 aromatic heterocycles. The van der Waals surface area contributed by atoms with Crippen LogP contribution in [-0.2, 0) is 6.54 Å². The molecule has 4 aromatic carbocycles. The molecule has 182 valence electrons. The summed E-state index contributed by atoms with van der Waals surface area (Å²) in [7, 11) is 0. The van der Waals surface area contributed by atoms with Crippen LogP contribution < -0.4 is 5.32 Å². The minimum atomic E-state index is 0.123. The van der Waals surface area contributed by atoms with E-state index in [1.54, 1.807) is 0 Å². The van der Waals surface area contributed by atoms with Crippen LogP contribution >= 0.6 is 0 Å². The number of benzene rings is 4. The lowest BCUT2D eigenvalue weighted by molar-refractivity contribution is 0.327. The summed E-state index contributed by atoms with van der Waals surface area (Å²) in [5.74, 6) is 0.588. The molecule has 3 N–H and O–H groups in total. The van der Waals surface area contributed by atoms with Gasteiger partial charge >= 0.3 is 0 Å². The van der Waals surface area contributed by atoms with Gasteiger partial charge < -0.3 is 15.5 Å². The molecule has 1 saturated carbocycles. The third-order valence-corrected chi connectivity index (χ3v) is 7.05. The lowest BCUT2D eigenvalue weighted by atomic mass is 9.90. The summed E-state index contributed by atoms with van der Waals surface area (Å²) < 4.78 is 0. The van der Waals surface area contributed by atoms with Gasteiger partial charge in [0.15, 0.2) is 0 Å². The fourth-order valence-electron chi connectivity index (χ4n) is 5.05. The van der Waals surface area contributed by atoms with Gasteiger partial charge in [-0.15, -0.1) is 0 Å². The van der Waals surface area contributed by atoms with Gasteiger partial charge in [0.2, 0.25) is 0 Å². The zero-order valence-electron chi connectivity index (χ0n) is 20.3. The molecule has 0 heterocycles. The smallest absolute Gasteiger partial charge is 0.132 e. The number of nitrogens with one attached hydrogen (secondary N) is 1. The second kappa shape index (κ2) is 11.2. The van der Waals surface area contributed by atoms with E-state index in [-0.39, 0.29) is 17.8 Å². The molecule has 0 radical (unpaired) electrons. The molecule has 0 unspecified atom stereocenters. The number of nitrogens with zero attached hydrogens (tertiary/aromatic N) is 1. The number of phenols is 2. The van der Waals surface area contributed by atoms with Gasteiger partial charge in [0.05, 0.1) is 6.04 Å². The van der Waals surface area contributed by atoms with Crippen molar-refractivity contribution in [3.8, 4) is 33.8 Å². The van der Waals surface area contributed by atoms with Crippen LogP contribution in [-0.4, -0.2) is 28.5 Å². The Kier molecular flexibility index (Phi) is 7.44. The average Bonchev–Trinajstić information content (AvgIpc) is 2.93. The molecule has 0 spiro atoms. The molecule has 0 amide bonds. The highest BCUT2D eigenvalue weighted by Crippen LogP contribution is 2.33. The van der Waals surface area contributed by atoms with Crippen LogP contribution in [0.5, 0.6) is 11.5 Å². The van der Waals surface area contributed by atoms with Crippen molar-refractivity contribution in [3.63, 3.8) is 0 Å². The zero-order valence-corrected chi connectivity index (χ0v) is 20.3. The minimum Gasteiger partial charge on any atom is -0.507 e. The van der Waals surface area contributed by atoms with Gasteiger partial charge in [0.1, 0.15) is 11.5 Å². The highest BCUT2D eigenvalue weighted by atomic mass is 16.3. The van der Waals surface area contributed by atoms with E-state index in [1.165, 1.54) is 0 Å². The highest BCUT2D eigenvalue weighted by Gasteiger charge is 2.24. The van der Waals surface area contributed by atoms with Crippen LogP contribution in [0, 0.1) is 0 Å². The van der Waals surface area contributed by atoms with Gasteiger partial charge in [-0.1, -0.05) is 104 Å². The van der Waals surface area contributed by atoms with E-state index in [0.29, 0.717) is 12.3 Å². The first-order valence-electron chi connectivity index (χ1n) is 12.7. The molecule has 1 aliphatic carbocycles. The van der Waals surface area contributed by atoms with E-state index in [0.717, 1.165) is 59.1 Å². The number of rotatable bonds is 7. The predicted octanol–water partition coefficient (Wildman–Crippen LogP) is 6.95. The van der Waals surface area contributed by atoms with Gasteiger partial charge in [-0.25, -0.2) is 0 Å². The Morgan fingerprint density at radius 3 is 2.00 bits per heavy atom. The number of phenolic OH excluding ortho intramolecular Hbond substituents is 2. The Bertz CT molecular complexity index is 1320. The van der Waals surface area contributed by atoms with Gasteiger partial charge in [0.25, 0.3) is 0 Å². The fraction of sp³-hybridized carbons (Fsp3) is 0.219. The summed E-state index contributed by atoms with van der Waals surface area (Å²) >= 11 is 0. The molecule has 0 saturated heterocycles. The summed E-state index contributed by atoms with van der Waals surface area (Å²) in [5, 5.41) is 25.5. The topological polar surface area (TPSA) is 64.9 Å². The average molecular weight is 477 g/mol. The van der Waals surface area contributed by atoms with Crippen molar-refractivity contribution < 1.29 is 10.2 Å². The van der Waals surface area contributed by atoms with E-state index in [2.05, 4.69) is 5.32 Å². The third-order valence-electron chi connectivity index (χ3n) is 7.05. The van der Waals surface area contributed by atoms with Crippen molar-refractivity contribution in [1.29, 1.82) is 0 Å². The Labute approximate surface area is 213 Å². The van der Waals surface area contributed by atoms with Crippen molar-refractivity contribution in [3.05, 3.63) is 108 Å². The number of para-hydroxylation sites is 2. The molecule has 4 aromatic rings. The van der Waals surface area contributed by atoms with Crippen LogP contribution in [0.15, 0.2) is 102 Å². The van der Waals surface area contributed by atoms with Crippen LogP contribution in [0.2, 0.25) is 0 Å². The van der Waals surface area contributed by atoms with Gasteiger partial charge in [0, 0.05) is 41.1 Å². The van der Waals surface area contributed by atoms with E-state index in [9.17, 15) is 10.2 Å². The van der Waals surface area contributed by atoms with Crippen molar-refractivity contribution in [1.82, 2.24) is 5.32 Å². The Morgan fingerprint density at radius 2 is 1.31 bits per heavy atom. The molecular weight excluding hydrogens is 444 g/mol. The molecule has 1 aliphatic rings.